The van der Waals surface area contributed by atoms with Crippen LogP contribution in [-0.4, -0.2) is 33.6 Å². The van der Waals surface area contributed by atoms with E-state index in [1.54, 1.807) is 0 Å². The molecule has 1 aromatic rings. The van der Waals surface area contributed by atoms with Gasteiger partial charge in [-0.3, -0.25) is 19.9 Å². The molecule has 1 N–H and O–H groups in total. The average molecular weight is 332 g/mol. The lowest BCUT2D eigenvalue weighted by atomic mass is 10.2. The van der Waals surface area contributed by atoms with Crippen molar-refractivity contribution in [1.82, 2.24) is 4.98 Å². The Bertz CT molecular complexity index is 495. The molecule has 0 saturated heterocycles. The first-order chi connectivity index (χ1) is 8.88. The third-order valence-corrected chi connectivity index (χ3v) is 3.35. The van der Waals surface area contributed by atoms with E-state index >= 15 is 0 Å². The normalized spacial score (nSPS) is 11.9. The molecule has 8 heteroatoms. The van der Waals surface area contributed by atoms with Crippen LogP contribution in [0.25, 0.3) is 0 Å². The molecular formula is C11H14BrN3O4. The maximum atomic E-state index is 11.0. The molecule has 0 saturated carbocycles. The van der Waals surface area contributed by atoms with Crippen molar-refractivity contribution in [2.24, 2.45) is 0 Å². The number of aliphatic carboxylic acids is 1. The van der Waals surface area contributed by atoms with Gasteiger partial charge in [0.2, 0.25) is 0 Å². The van der Waals surface area contributed by atoms with Crippen LogP contribution >= 0.6 is 15.9 Å². The third kappa shape index (κ3) is 3.63. The van der Waals surface area contributed by atoms with Crippen LogP contribution in [-0.2, 0) is 4.79 Å². The number of aromatic nitrogens is 1. The topological polar surface area (TPSA) is 96.6 Å². The Labute approximate surface area is 118 Å². The fourth-order valence-corrected chi connectivity index (χ4v) is 2.21. The van der Waals surface area contributed by atoms with E-state index in [1.807, 2.05) is 13.8 Å². The molecule has 1 aromatic heterocycles. The molecule has 7 nitrogen and oxygen atoms in total. The summed E-state index contributed by atoms with van der Waals surface area (Å²) >= 11 is 3.20. The number of carboxylic acids is 1. The van der Waals surface area contributed by atoms with Gasteiger partial charge in [0, 0.05) is 12.2 Å². The van der Waals surface area contributed by atoms with Crippen LogP contribution in [0.2, 0.25) is 0 Å². The molecule has 0 aromatic carbocycles. The number of anilines is 1. The highest BCUT2D eigenvalue weighted by Crippen LogP contribution is 2.36. The number of rotatable bonds is 6. The van der Waals surface area contributed by atoms with Gasteiger partial charge in [0.25, 0.3) is 0 Å². The molecule has 0 aliphatic heterocycles. The van der Waals surface area contributed by atoms with Gasteiger partial charge in [-0.1, -0.05) is 6.92 Å². The van der Waals surface area contributed by atoms with Crippen molar-refractivity contribution >= 4 is 33.3 Å². The standard InChI is InChI=1S/C11H14BrN3O4/c1-3-7(2)14(6-10(16)17)11-8(12)4-13-5-9(11)15(18)19/h4-5,7H,3,6H2,1-2H3,(H,16,17). The summed E-state index contributed by atoms with van der Waals surface area (Å²) < 4.78 is 0.406. The molecule has 0 bridgehead atoms. The molecule has 1 unspecified atom stereocenters. The summed E-state index contributed by atoms with van der Waals surface area (Å²) in [7, 11) is 0. The highest BCUT2D eigenvalue weighted by molar-refractivity contribution is 9.10. The quantitative estimate of drug-likeness (QED) is 0.635. The Morgan fingerprint density at radius 1 is 1.63 bits per heavy atom. The van der Waals surface area contributed by atoms with Gasteiger partial charge >= 0.3 is 11.7 Å². The van der Waals surface area contributed by atoms with Gasteiger partial charge in [-0.2, -0.15) is 0 Å². The highest BCUT2D eigenvalue weighted by atomic mass is 79.9. The molecule has 104 valence electrons. The second kappa shape index (κ2) is 6.46. The average Bonchev–Trinajstić information content (AvgIpc) is 2.34. The van der Waals surface area contributed by atoms with Gasteiger partial charge < -0.3 is 10.0 Å². The second-order valence-corrected chi connectivity index (χ2v) is 4.88. The fraction of sp³-hybridized carbons (Fsp3) is 0.455. The lowest BCUT2D eigenvalue weighted by molar-refractivity contribution is -0.384. The van der Waals surface area contributed by atoms with Crippen LogP contribution in [0.15, 0.2) is 16.9 Å². The van der Waals surface area contributed by atoms with E-state index in [4.69, 9.17) is 5.11 Å². The molecule has 1 heterocycles. The van der Waals surface area contributed by atoms with E-state index in [-0.39, 0.29) is 24.0 Å². The number of hydrogen-bond acceptors (Lipinski definition) is 5. The molecule has 1 atom stereocenters. The Morgan fingerprint density at radius 3 is 2.74 bits per heavy atom. The predicted octanol–water partition coefficient (Wildman–Crippen LogP) is 2.44. The highest BCUT2D eigenvalue weighted by Gasteiger charge is 2.27. The molecule has 19 heavy (non-hydrogen) atoms. The number of hydrogen-bond donors (Lipinski definition) is 1. The number of nitrogens with zero attached hydrogens (tertiary/aromatic N) is 3. The summed E-state index contributed by atoms with van der Waals surface area (Å²) in [5.74, 6) is -1.04. The van der Waals surface area contributed by atoms with E-state index in [2.05, 4.69) is 20.9 Å². The molecule has 0 aliphatic carbocycles. The number of nitro groups is 1. The molecule has 0 fully saturated rings. The zero-order chi connectivity index (χ0) is 14.6. The van der Waals surface area contributed by atoms with E-state index in [0.717, 1.165) is 6.20 Å². The summed E-state index contributed by atoms with van der Waals surface area (Å²) in [4.78, 5) is 26.7. The smallest absolute Gasteiger partial charge is 0.323 e. The summed E-state index contributed by atoms with van der Waals surface area (Å²) in [5, 5.41) is 20.0. The zero-order valence-electron chi connectivity index (χ0n) is 10.5. The first-order valence-corrected chi connectivity index (χ1v) is 6.44. The number of halogens is 1. The maximum Gasteiger partial charge on any atom is 0.323 e. The summed E-state index contributed by atoms with van der Waals surface area (Å²) in [6.07, 6.45) is 3.20. The Balaban J connectivity index is 3.35. The summed E-state index contributed by atoms with van der Waals surface area (Å²) in [5.41, 5.74) is 0.0349. The minimum Gasteiger partial charge on any atom is -0.480 e. The van der Waals surface area contributed by atoms with Crippen molar-refractivity contribution in [3.63, 3.8) is 0 Å². The van der Waals surface area contributed by atoms with Crippen molar-refractivity contribution in [3.8, 4) is 0 Å². The second-order valence-electron chi connectivity index (χ2n) is 4.03. The van der Waals surface area contributed by atoms with Crippen molar-refractivity contribution in [2.75, 3.05) is 11.4 Å². The summed E-state index contributed by atoms with van der Waals surface area (Å²) in [6.45, 7) is 3.40. The summed E-state index contributed by atoms with van der Waals surface area (Å²) in [6, 6.07) is -0.145. The Kier molecular flexibility index (Phi) is 5.22. The van der Waals surface area contributed by atoms with Gasteiger partial charge in [0.05, 0.1) is 9.40 Å². The molecule has 0 aliphatic rings. The Hall–Kier alpha value is -1.70. The van der Waals surface area contributed by atoms with Gasteiger partial charge in [0.15, 0.2) is 0 Å². The molecule has 1 rings (SSSR count). The SMILES string of the molecule is CCC(C)N(CC(=O)O)c1c(Br)cncc1[N+](=O)[O-]. The lowest BCUT2D eigenvalue weighted by Crippen LogP contribution is -2.37. The monoisotopic (exact) mass is 331 g/mol. The number of carboxylic acid groups (broad SMARTS) is 1. The van der Waals surface area contributed by atoms with Crippen LogP contribution < -0.4 is 4.90 Å². The van der Waals surface area contributed by atoms with E-state index in [0.29, 0.717) is 10.9 Å². The predicted molar refractivity (Wildman–Crippen MR) is 73.3 cm³/mol. The first-order valence-electron chi connectivity index (χ1n) is 5.64. The lowest BCUT2D eigenvalue weighted by Gasteiger charge is -2.29. The van der Waals surface area contributed by atoms with E-state index < -0.39 is 10.9 Å². The first kappa shape index (κ1) is 15.4. The molecule has 0 spiro atoms. The van der Waals surface area contributed by atoms with Gasteiger partial charge in [0.1, 0.15) is 18.4 Å². The van der Waals surface area contributed by atoms with Crippen molar-refractivity contribution < 1.29 is 14.8 Å². The Morgan fingerprint density at radius 2 is 2.26 bits per heavy atom. The molecular weight excluding hydrogens is 318 g/mol. The zero-order valence-corrected chi connectivity index (χ0v) is 12.1. The van der Waals surface area contributed by atoms with Gasteiger partial charge in [-0.15, -0.1) is 0 Å². The van der Waals surface area contributed by atoms with Gasteiger partial charge in [-0.05, 0) is 29.3 Å². The number of carbonyl (C=O) groups is 1. The fourth-order valence-electron chi connectivity index (χ4n) is 1.66. The minimum atomic E-state index is -1.04. The van der Waals surface area contributed by atoms with Gasteiger partial charge in [-0.25, -0.2) is 0 Å². The van der Waals surface area contributed by atoms with Crippen LogP contribution in [0.4, 0.5) is 11.4 Å². The molecule has 0 amide bonds. The third-order valence-electron chi connectivity index (χ3n) is 2.77. The number of pyridine rings is 1. The van der Waals surface area contributed by atoms with Crippen LogP contribution in [0, 0.1) is 10.1 Å². The van der Waals surface area contributed by atoms with Crippen LogP contribution in [0.3, 0.4) is 0 Å². The van der Waals surface area contributed by atoms with Crippen LogP contribution in [0.1, 0.15) is 20.3 Å². The molecule has 0 radical (unpaired) electrons. The van der Waals surface area contributed by atoms with Crippen molar-refractivity contribution in [1.29, 1.82) is 0 Å². The van der Waals surface area contributed by atoms with Crippen LogP contribution in [0.5, 0.6) is 0 Å². The van der Waals surface area contributed by atoms with E-state index in [9.17, 15) is 14.9 Å². The maximum absolute atomic E-state index is 11.0. The van der Waals surface area contributed by atoms with E-state index in [1.165, 1.54) is 11.1 Å². The largest absolute Gasteiger partial charge is 0.480 e. The minimum absolute atomic E-state index is 0.145. The van der Waals surface area contributed by atoms with Crippen molar-refractivity contribution in [2.45, 2.75) is 26.3 Å². The van der Waals surface area contributed by atoms with Crippen molar-refractivity contribution in [3.05, 3.63) is 27.0 Å².